The third kappa shape index (κ3) is 2.96. The molecule has 118 valence electrons. The van der Waals surface area contributed by atoms with Crippen LogP contribution in [0.4, 0.5) is 0 Å². The number of thiophene rings is 1. The van der Waals surface area contributed by atoms with Gasteiger partial charge in [0.05, 0.1) is 14.2 Å². The van der Waals surface area contributed by atoms with Crippen molar-refractivity contribution in [3.8, 4) is 43.9 Å². The molecule has 0 saturated heterocycles. The molecule has 2 N–H and O–H groups in total. The van der Waals surface area contributed by atoms with Gasteiger partial charge >= 0.3 is 0 Å². The monoisotopic (exact) mass is 328 g/mol. The lowest BCUT2D eigenvalue weighted by Gasteiger charge is -2.05. The maximum absolute atomic E-state index is 9.90. The van der Waals surface area contributed by atoms with Crippen molar-refractivity contribution in [1.82, 2.24) is 0 Å². The maximum atomic E-state index is 9.90. The minimum Gasteiger partial charge on any atom is -0.504 e. The average molecular weight is 328 g/mol. The molecule has 3 aromatic rings. The van der Waals surface area contributed by atoms with Gasteiger partial charge in [0.25, 0.3) is 0 Å². The summed E-state index contributed by atoms with van der Waals surface area (Å²) in [6, 6.07) is 14.6. The Bertz CT molecular complexity index is 771. The van der Waals surface area contributed by atoms with Gasteiger partial charge in [-0.25, -0.2) is 0 Å². The van der Waals surface area contributed by atoms with Crippen molar-refractivity contribution in [1.29, 1.82) is 0 Å². The van der Waals surface area contributed by atoms with Crippen molar-refractivity contribution in [3.63, 3.8) is 0 Å². The van der Waals surface area contributed by atoms with E-state index in [4.69, 9.17) is 9.47 Å². The Morgan fingerprint density at radius 1 is 0.696 bits per heavy atom. The normalized spacial score (nSPS) is 10.5. The van der Waals surface area contributed by atoms with E-state index in [2.05, 4.69) is 0 Å². The van der Waals surface area contributed by atoms with Gasteiger partial charge in [-0.15, -0.1) is 11.3 Å². The highest BCUT2D eigenvalue weighted by atomic mass is 32.1. The number of aromatic hydroxyl groups is 2. The van der Waals surface area contributed by atoms with Gasteiger partial charge in [-0.05, 0) is 59.7 Å². The SMILES string of the molecule is COc1ccc(-c2ccc(-c3ccc(OC)c(O)c3)s2)cc1O. The Morgan fingerprint density at radius 2 is 1.13 bits per heavy atom. The molecule has 0 atom stereocenters. The van der Waals surface area contributed by atoms with Crippen molar-refractivity contribution in [2.45, 2.75) is 0 Å². The summed E-state index contributed by atoms with van der Waals surface area (Å²) < 4.78 is 10.1. The highest BCUT2D eigenvalue weighted by Gasteiger charge is 2.10. The van der Waals surface area contributed by atoms with Crippen LogP contribution in [0.25, 0.3) is 20.9 Å². The molecule has 0 radical (unpaired) electrons. The summed E-state index contributed by atoms with van der Waals surface area (Å²) in [6.45, 7) is 0. The van der Waals surface area contributed by atoms with E-state index in [1.54, 1.807) is 35.6 Å². The molecular formula is C18H16O4S. The fourth-order valence-corrected chi connectivity index (χ4v) is 3.33. The van der Waals surface area contributed by atoms with Gasteiger partial charge in [0.1, 0.15) is 0 Å². The second kappa shape index (κ2) is 6.22. The van der Waals surface area contributed by atoms with Gasteiger partial charge in [0.15, 0.2) is 23.0 Å². The van der Waals surface area contributed by atoms with Crippen molar-refractivity contribution in [2.75, 3.05) is 14.2 Å². The predicted molar refractivity (Wildman–Crippen MR) is 91.6 cm³/mol. The summed E-state index contributed by atoms with van der Waals surface area (Å²) in [5.74, 6) is 1.13. The number of ether oxygens (including phenoxy) is 2. The quantitative estimate of drug-likeness (QED) is 0.740. The minimum atomic E-state index is 0.113. The van der Waals surface area contributed by atoms with Crippen molar-refractivity contribution in [3.05, 3.63) is 48.5 Å². The summed E-state index contributed by atoms with van der Waals surface area (Å²) in [6.07, 6.45) is 0. The van der Waals surface area contributed by atoms with E-state index in [1.807, 2.05) is 24.3 Å². The molecular weight excluding hydrogens is 312 g/mol. The summed E-state index contributed by atoms with van der Waals surface area (Å²) in [4.78, 5) is 2.04. The highest BCUT2D eigenvalue weighted by molar-refractivity contribution is 7.18. The van der Waals surface area contributed by atoms with E-state index in [0.717, 1.165) is 20.9 Å². The second-order valence-corrected chi connectivity index (χ2v) is 6.02. The van der Waals surface area contributed by atoms with Crippen molar-refractivity contribution < 1.29 is 19.7 Å². The van der Waals surface area contributed by atoms with Gasteiger partial charge in [0, 0.05) is 9.75 Å². The number of rotatable bonds is 4. The average Bonchev–Trinajstić information content (AvgIpc) is 3.04. The molecule has 1 aromatic heterocycles. The zero-order chi connectivity index (χ0) is 16.4. The van der Waals surface area contributed by atoms with Crippen LogP contribution < -0.4 is 9.47 Å². The van der Waals surface area contributed by atoms with Crippen LogP contribution in [0.5, 0.6) is 23.0 Å². The fourth-order valence-electron chi connectivity index (χ4n) is 2.33. The molecule has 0 aliphatic rings. The third-order valence-electron chi connectivity index (χ3n) is 3.53. The van der Waals surface area contributed by atoms with Gasteiger partial charge in [0.2, 0.25) is 0 Å². The number of benzene rings is 2. The first-order valence-electron chi connectivity index (χ1n) is 6.97. The smallest absolute Gasteiger partial charge is 0.160 e. The Balaban J connectivity index is 1.94. The van der Waals surface area contributed by atoms with Crippen LogP contribution in [0.2, 0.25) is 0 Å². The van der Waals surface area contributed by atoms with E-state index in [1.165, 1.54) is 14.2 Å². The largest absolute Gasteiger partial charge is 0.504 e. The topological polar surface area (TPSA) is 58.9 Å². The Labute approximate surface area is 138 Å². The number of methoxy groups -OCH3 is 2. The van der Waals surface area contributed by atoms with Crippen LogP contribution in [0.3, 0.4) is 0 Å². The van der Waals surface area contributed by atoms with Gasteiger partial charge in [-0.1, -0.05) is 0 Å². The molecule has 4 nitrogen and oxygen atoms in total. The molecule has 0 unspecified atom stereocenters. The molecule has 0 spiro atoms. The maximum Gasteiger partial charge on any atom is 0.160 e. The summed E-state index contributed by atoms with van der Waals surface area (Å²) >= 11 is 1.58. The minimum absolute atomic E-state index is 0.113. The van der Waals surface area contributed by atoms with Crippen LogP contribution in [0.15, 0.2) is 48.5 Å². The second-order valence-electron chi connectivity index (χ2n) is 4.94. The zero-order valence-electron chi connectivity index (χ0n) is 12.7. The Kier molecular flexibility index (Phi) is 4.12. The van der Waals surface area contributed by atoms with Gasteiger partial charge in [-0.2, -0.15) is 0 Å². The van der Waals surface area contributed by atoms with Gasteiger partial charge < -0.3 is 19.7 Å². The van der Waals surface area contributed by atoms with Crippen LogP contribution in [0, 0.1) is 0 Å². The summed E-state index contributed by atoms with van der Waals surface area (Å²) in [7, 11) is 3.04. The molecule has 0 saturated carbocycles. The highest BCUT2D eigenvalue weighted by Crippen LogP contribution is 2.39. The molecule has 0 fully saturated rings. The Hall–Kier alpha value is -2.66. The molecule has 0 amide bonds. The summed E-state index contributed by atoms with van der Waals surface area (Å²) in [5.41, 5.74) is 1.83. The van der Waals surface area contributed by atoms with E-state index < -0.39 is 0 Å². The van der Waals surface area contributed by atoms with Crippen LogP contribution >= 0.6 is 11.3 Å². The van der Waals surface area contributed by atoms with E-state index in [9.17, 15) is 10.2 Å². The molecule has 0 bridgehead atoms. The van der Waals surface area contributed by atoms with Crippen molar-refractivity contribution in [2.24, 2.45) is 0 Å². The molecule has 2 aromatic carbocycles. The van der Waals surface area contributed by atoms with E-state index in [0.29, 0.717) is 11.5 Å². The number of hydrogen-bond acceptors (Lipinski definition) is 5. The standard InChI is InChI=1S/C18H16O4S/c1-21-15-5-3-11(9-13(15)19)17-7-8-18(23-17)12-4-6-16(22-2)14(20)10-12/h3-10,19-20H,1-2H3. The predicted octanol–water partition coefficient (Wildman–Crippen LogP) is 4.51. The summed E-state index contributed by atoms with van der Waals surface area (Å²) in [5, 5.41) is 19.8. The first-order valence-corrected chi connectivity index (χ1v) is 7.78. The van der Waals surface area contributed by atoms with E-state index in [-0.39, 0.29) is 11.5 Å². The number of hydrogen-bond donors (Lipinski definition) is 2. The fraction of sp³-hybridized carbons (Fsp3) is 0.111. The number of phenolic OH excluding ortho intramolecular Hbond substituents is 2. The lowest BCUT2D eigenvalue weighted by molar-refractivity contribution is 0.373. The molecule has 5 heteroatoms. The molecule has 3 rings (SSSR count). The first-order chi connectivity index (χ1) is 11.1. The first kappa shape index (κ1) is 15.2. The van der Waals surface area contributed by atoms with Crippen LogP contribution in [-0.4, -0.2) is 24.4 Å². The van der Waals surface area contributed by atoms with Crippen molar-refractivity contribution >= 4 is 11.3 Å². The lowest BCUT2D eigenvalue weighted by Crippen LogP contribution is -1.83. The molecule has 23 heavy (non-hydrogen) atoms. The van der Waals surface area contributed by atoms with E-state index >= 15 is 0 Å². The van der Waals surface area contributed by atoms with Gasteiger partial charge in [-0.3, -0.25) is 0 Å². The molecule has 0 aliphatic heterocycles. The van der Waals surface area contributed by atoms with Crippen LogP contribution in [0.1, 0.15) is 0 Å². The molecule has 0 aliphatic carbocycles. The zero-order valence-corrected chi connectivity index (χ0v) is 13.6. The van der Waals surface area contributed by atoms with Crippen LogP contribution in [-0.2, 0) is 0 Å². The number of phenols is 2. The molecule has 1 heterocycles. The third-order valence-corrected chi connectivity index (χ3v) is 4.72. The lowest BCUT2D eigenvalue weighted by atomic mass is 10.1. The Morgan fingerprint density at radius 3 is 1.48 bits per heavy atom.